The Morgan fingerprint density at radius 1 is 1.11 bits per heavy atom. The van der Waals surface area contributed by atoms with E-state index in [0.717, 1.165) is 17.1 Å². The fraction of sp³-hybridized carbons (Fsp3) is 0.733. The Hall–Kier alpha value is -1.16. The van der Waals surface area contributed by atoms with Crippen molar-refractivity contribution < 1.29 is 0 Å². The highest BCUT2D eigenvalue weighted by Gasteiger charge is 2.21. The lowest BCUT2D eigenvalue weighted by molar-refractivity contribution is 0.545. The molecule has 1 fully saturated rings. The molecule has 0 atom stereocenters. The summed E-state index contributed by atoms with van der Waals surface area (Å²) in [4.78, 5) is 2.31. The van der Waals surface area contributed by atoms with Crippen molar-refractivity contribution in [2.24, 2.45) is 5.73 Å². The molecule has 1 aromatic rings. The van der Waals surface area contributed by atoms with E-state index in [2.05, 4.69) is 29.1 Å². The van der Waals surface area contributed by atoms with Gasteiger partial charge in [0.25, 0.3) is 0 Å². The summed E-state index contributed by atoms with van der Waals surface area (Å²) in [6.45, 7) is 4.63. The third-order valence-electron chi connectivity index (χ3n) is 4.47. The van der Waals surface area contributed by atoms with Gasteiger partial charge in [0.2, 0.25) is 0 Å². The van der Waals surface area contributed by atoms with Crippen LogP contribution in [0.3, 0.4) is 0 Å². The van der Waals surface area contributed by atoms with E-state index in [1.165, 1.54) is 44.1 Å². The smallest absolute Gasteiger partial charge is 0.156 e. The van der Waals surface area contributed by atoms with Gasteiger partial charge < -0.3 is 10.6 Å². The highest BCUT2D eigenvalue weighted by molar-refractivity contribution is 5.50. The van der Waals surface area contributed by atoms with E-state index in [9.17, 15) is 0 Å². The van der Waals surface area contributed by atoms with E-state index >= 15 is 0 Å². The highest BCUT2D eigenvalue weighted by Crippen LogP contribution is 2.27. The fourth-order valence-electron chi connectivity index (χ4n) is 2.99. The van der Waals surface area contributed by atoms with Crippen LogP contribution in [0.15, 0.2) is 0 Å². The summed E-state index contributed by atoms with van der Waals surface area (Å²) >= 11 is 0. The summed E-state index contributed by atoms with van der Waals surface area (Å²) in [5, 5.41) is 8.69. The standard InChI is InChI=1S/C15H26N4/c1-11-12(2)17-18-15(14(11)10-16)19(3)13-8-6-4-5-7-9-13/h13H,4-10,16H2,1-3H3. The molecule has 0 spiro atoms. The zero-order chi connectivity index (χ0) is 13.8. The second kappa shape index (κ2) is 6.33. The minimum absolute atomic E-state index is 0.536. The van der Waals surface area contributed by atoms with Crippen molar-refractivity contribution in [1.82, 2.24) is 10.2 Å². The maximum absolute atomic E-state index is 5.92. The quantitative estimate of drug-likeness (QED) is 0.851. The molecular formula is C15H26N4. The highest BCUT2D eigenvalue weighted by atomic mass is 15.3. The van der Waals surface area contributed by atoms with E-state index in [-0.39, 0.29) is 0 Å². The summed E-state index contributed by atoms with van der Waals surface area (Å²) in [6.07, 6.45) is 7.90. The average Bonchev–Trinajstić information content (AvgIpc) is 2.70. The maximum Gasteiger partial charge on any atom is 0.156 e. The molecule has 4 nitrogen and oxygen atoms in total. The van der Waals surface area contributed by atoms with E-state index in [1.54, 1.807) is 0 Å². The Morgan fingerprint density at radius 2 is 1.74 bits per heavy atom. The van der Waals surface area contributed by atoms with Crippen LogP contribution < -0.4 is 10.6 Å². The zero-order valence-corrected chi connectivity index (χ0v) is 12.4. The Labute approximate surface area is 116 Å². The minimum Gasteiger partial charge on any atom is -0.355 e. The largest absolute Gasteiger partial charge is 0.355 e. The van der Waals surface area contributed by atoms with Crippen molar-refractivity contribution in [3.8, 4) is 0 Å². The fourth-order valence-corrected chi connectivity index (χ4v) is 2.99. The summed E-state index contributed by atoms with van der Waals surface area (Å²) in [7, 11) is 2.15. The number of nitrogens with zero attached hydrogens (tertiary/aromatic N) is 3. The normalized spacial score (nSPS) is 17.3. The topological polar surface area (TPSA) is 55.0 Å². The molecule has 1 heterocycles. The van der Waals surface area contributed by atoms with Gasteiger partial charge in [0.15, 0.2) is 5.82 Å². The summed E-state index contributed by atoms with van der Waals surface area (Å²) in [5.74, 6) is 0.984. The molecule has 106 valence electrons. The van der Waals surface area contributed by atoms with Gasteiger partial charge in [-0.3, -0.25) is 0 Å². The molecule has 0 saturated heterocycles. The Kier molecular flexibility index (Phi) is 4.75. The van der Waals surface area contributed by atoms with Crippen molar-refractivity contribution in [2.75, 3.05) is 11.9 Å². The van der Waals surface area contributed by atoms with Gasteiger partial charge in [-0.25, -0.2) is 0 Å². The molecule has 0 aromatic carbocycles. The summed E-state index contributed by atoms with van der Waals surface area (Å²) in [5.41, 5.74) is 9.25. The van der Waals surface area contributed by atoms with Crippen molar-refractivity contribution in [3.63, 3.8) is 0 Å². The van der Waals surface area contributed by atoms with Gasteiger partial charge in [-0.05, 0) is 32.3 Å². The Balaban J connectivity index is 2.27. The number of anilines is 1. The van der Waals surface area contributed by atoms with E-state index < -0.39 is 0 Å². The third kappa shape index (κ3) is 3.06. The van der Waals surface area contributed by atoms with Crippen LogP contribution in [0.1, 0.15) is 55.3 Å². The van der Waals surface area contributed by atoms with Crippen LogP contribution in [-0.4, -0.2) is 23.3 Å². The van der Waals surface area contributed by atoms with Crippen LogP contribution in [-0.2, 0) is 6.54 Å². The molecule has 1 aromatic heterocycles. The van der Waals surface area contributed by atoms with E-state index in [4.69, 9.17) is 5.73 Å². The second-order valence-electron chi connectivity index (χ2n) is 5.67. The lowest BCUT2D eigenvalue weighted by atomic mass is 10.0. The van der Waals surface area contributed by atoms with Crippen LogP contribution >= 0.6 is 0 Å². The molecule has 1 saturated carbocycles. The van der Waals surface area contributed by atoms with Crippen LogP contribution in [0, 0.1) is 13.8 Å². The van der Waals surface area contributed by atoms with E-state index in [0.29, 0.717) is 12.6 Å². The molecule has 2 N–H and O–H groups in total. The van der Waals surface area contributed by atoms with Crippen molar-refractivity contribution >= 4 is 5.82 Å². The molecule has 4 heteroatoms. The van der Waals surface area contributed by atoms with Gasteiger partial charge >= 0.3 is 0 Å². The zero-order valence-electron chi connectivity index (χ0n) is 12.4. The number of nitrogens with two attached hydrogens (primary N) is 1. The molecular weight excluding hydrogens is 236 g/mol. The molecule has 0 unspecified atom stereocenters. The van der Waals surface area contributed by atoms with Crippen LogP contribution in [0.5, 0.6) is 0 Å². The summed E-state index contributed by atoms with van der Waals surface area (Å²) < 4.78 is 0. The average molecular weight is 262 g/mol. The molecule has 0 radical (unpaired) electrons. The SMILES string of the molecule is Cc1nnc(N(C)C2CCCCCC2)c(CN)c1C. The molecule has 2 rings (SSSR count). The Bertz CT molecular complexity index is 422. The maximum atomic E-state index is 5.92. The van der Waals surface area contributed by atoms with Crippen LogP contribution in [0.25, 0.3) is 0 Å². The number of rotatable bonds is 3. The predicted molar refractivity (Wildman–Crippen MR) is 79.3 cm³/mol. The predicted octanol–water partition coefficient (Wildman–Crippen LogP) is 2.71. The monoisotopic (exact) mass is 262 g/mol. The first-order valence-electron chi connectivity index (χ1n) is 7.40. The van der Waals surface area contributed by atoms with Gasteiger partial charge in [-0.15, -0.1) is 5.10 Å². The number of hydrogen-bond acceptors (Lipinski definition) is 4. The van der Waals surface area contributed by atoms with Gasteiger partial charge in [0.05, 0.1) is 5.69 Å². The van der Waals surface area contributed by atoms with E-state index in [1.807, 2.05) is 6.92 Å². The minimum atomic E-state index is 0.536. The van der Waals surface area contributed by atoms with Gasteiger partial charge in [0.1, 0.15) is 0 Å². The van der Waals surface area contributed by atoms with Crippen molar-refractivity contribution in [3.05, 3.63) is 16.8 Å². The Morgan fingerprint density at radius 3 is 2.32 bits per heavy atom. The van der Waals surface area contributed by atoms with Gasteiger partial charge in [-0.1, -0.05) is 25.7 Å². The molecule has 19 heavy (non-hydrogen) atoms. The van der Waals surface area contributed by atoms with Crippen molar-refractivity contribution in [2.45, 2.75) is 65.0 Å². The number of hydrogen-bond donors (Lipinski definition) is 1. The van der Waals surface area contributed by atoms with Gasteiger partial charge in [-0.2, -0.15) is 5.10 Å². The number of aryl methyl sites for hydroxylation is 1. The summed E-state index contributed by atoms with van der Waals surface area (Å²) in [6, 6.07) is 0.587. The lowest BCUT2D eigenvalue weighted by Gasteiger charge is -2.30. The van der Waals surface area contributed by atoms with Crippen LogP contribution in [0.4, 0.5) is 5.82 Å². The molecule has 1 aliphatic carbocycles. The van der Waals surface area contributed by atoms with Crippen LogP contribution in [0.2, 0.25) is 0 Å². The molecule has 0 aliphatic heterocycles. The first kappa shape index (κ1) is 14.3. The van der Waals surface area contributed by atoms with Crippen molar-refractivity contribution in [1.29, 1.82) is 0 Å². The number of aromatic nitrogens is 2. The van der Waals surface area contributed by atoms with Gasteiger partial charge in [0, 0.05) is 25.2 Å². The third-order valence-corrected chi connectivity index (χ3v) is 4.47. The molecule has 0 bridgehead atoms. The first-order chi connectivity index (χ1) is 9.15. The second-order valence-corrected chi connectivity index (χ2v) is 5.67. The lowest BCUT2D eigenvalue weighted by Crippen LogP contribution is -2.33. The molecule has 1 aliphatic rings. The first-order valence-corrected chi connectivity index (χ1v) is 7.40. The molecule has 0 amide bonds.